The van der Waals surface area contributed by atoms with Crippen molar-refractivity contribution in [2.45, 2.75) is 23.4 Å². The van der Waals surface area contributed by atoms with Gasteiger partial charge in [-0.15, -0.1) is 0 Å². The van der Waals surface area contributed by atoms with Gasteiger partial charge >= 0.3 is 0 Å². The van der Waals surface area contributed by atoms with Gasteiger partial charge in [0.15, 0.2) is 0 Å². The van der Waals surface area contributed by atoms with Crippen molar-refractivity contribution in [1.82, 2.24) is 4.57 Å². The van der Waals surface area contributed by atoms with Crippen LogP contribution in [0.2, 0.25) is 10.0 Å². The van der Waals surface area contributed by atoms with Gasteiger partial charge in [0.1, 0.15) is 16.8 Å². The predicted molar refractivity (Wildman–Crippen MR) is 104 cm³/mol. The maximum absolute atomic E-state index is 9.46. The first kappa shape index (κ1) is 17.8. The topological polar surface area (TPSA) is 54.7 Å². The Balaban J connectivity index is 2.00. The lowest BCUT2D eigenvalue weighted by atomic mass is 10.2. The van der Waals surface area contributed by atoms with Crippen LogP contribution in [-0.2, 0) is 6.54 Å². The quantitative estimate of drug-likeness (QED) is 0.619. The van der Waals surface area contributed by atoms with Crippen LogP contribution in [0.3, 0.4) is 0 Å². The number of hydrogen-bond donors (Lipinski definition) is 1. The lowest BCUT2D eigenvalue weighted by molar-refractivity contribution is 0.726. The molecule has 0 aliphatic rings. The summed E-state index contributed by atoms with van der Waals surface area (Å²) in [6.07, 6.45) is 0. The zero-order valence-corrected chi connectivity index (χ0v) is 15.8. The molecule has 126 valence electrons. The fourth-order valence-corrected chi connectivity index (χ4v) is 3.87. The van der Waals surface area contributed by atoms with E-state index in [2.05, 4.69) is 6.07 Å². The first-order valence-electron chi connectivity index (χ1n) is 7.55. The van der Waals surface area contributed by atoms with Crippen LogP contribution >= 0.6 is 35.0 Å². The zero-order valence-electron chi connectivity index (χ0n) is 13.5. The molecule has 0 radical (unpaired) electrons. The van der Waals surface area contributed by atoms with Crippen molar-refractivity contribution in [1.29, 1.82) is 5.26 Å². The number of anilines is 1. The molecule has 1 aromatic heterocycles. The number of rotatable bonds is 4. The van der Waals surface area contributed by atoms with Crippen molar-refractivity contribution in [2.75, 3.05) is 5.73 Å². The Labute approximate surface area is 161 Å². The van der Waals surface area contributed by atoms with Crippen molar-refractivity contribution >= 4 is 40.7 Å². The molecule has 0 saturated heterocycles. The fourth-order valence-electron chi connectivity index (χ4n) is 2.45. The molecule has 0 saturated carbocycles. The Morgan fingerprint density at radius 2 is 1.84 bits per heavy atom. The van der Waals surface area contributed by atoms with E-state index in [1.165, 1.54) is 17.3 Å². The summed E-state index contributed by atoms with van der Waals surface area (Å²) in [5.74, 6) is 0. The molecule has 0 unspecified atom stereocenters. The van der Waals surface area contributed by atoms with E-state index in [1.54, 1.807) is 18.2 Å². The van der Waals surface area contributed by atoms with E-state index in [0.717, 1.165) is 15.5 Å². The number of nitrogen functional groups attached to an aromatic ring is 1. The number of aryl methyl sites for hydroxylation is 1. The smallest absolute Gasteiger partial charge is 0.123 e. The molecule has 0 fully saturated rings. The lowest BCUT2D eigenvalue weighted by Gasteiger charge is -2.12. The van der Waals surface area contributed by atoms with Gasteiger partial charge in [-0.05, 0) is 42.8 Å². The molecule has 3 aromatic rings. The Bertz CT molecular complexity index is 956. The number of nitrogens with two attached hydrogens (primary N) is 1. The molecule has 0 amide bonds. The third kappa shape index (κ3) is 3.96. The summed E-state index contributed by atoms with van der Waals surface area (Å²) in [6.45, 7) is 2.49. The Kier molecular flexibility index (Phi) is 5.29. The maximum atomic E-state index is 9.46. The molecule has 2 aromatic carbocycles. The van der Waals surface area contributed by atoms with Crippen LogP contribution in [0.5, 0.6) is 0 Å². The number of aromatic nitrogens is 1. The number of nitriles is 1. The molecule has 3 nitrogen and oxygen atoms in total. The molecule has 0 aliphatic carbocycles. The summed E-state index contributed by atoms with van der Waals surface area (Å²) in [5.41, 5.74) is 9.31. The van der Waals surface area contributed by atoms with Crippen molar-refractivity contribution in [2.24, 2.45) is 0 Å². The van der Waals surface area contributed by atoms with E-state index in [0.29, 0.717) is 28.0 Å². The van der Waals surface area contributed by atoms with Crippen LogP contribution in [0.1, 0.15) is 16.8 Å². The molecule has 3 rings (SSSR count). The van der Waals surface area contributed by atoms with Gasteiger partial charge in [0.2, 0.25) is 0 Å². The Morgan fingerprint density at radius 1 is 1.12 bits per heavy atom. The van der Waals surface area contributed by atoms with E-state index in [4.69, 9.17) is 28.9 Å². The lowest BCUT2D eigenvalue weighted by Crippen LogP contribution is -2.05. The Morgan fingerprint density at radius 3 is 2.48 bits per heavy atom. The van der Waals surface area contributed by atoms with E-state index in [1.807, 2.05) is 41.8 Å². The van der Waals surface area contributed by atoms with Gasteiger partial charge in [-0.2, -0.15) is 5.26 Å². The summed E-state index contributed by atoms with van der Waals surface area (Å²) in [5, 5.41) is 11.4. The third-order valence-corrected chi connectivity index (χ3v) is 5.51. The largest absolute Gasteiger partial charge is 0.397 e. The van der Waals surface area contributed by atoms with Gasteiger partial charge in [0.25, 0.3) is 0 Å². The van der Waals surface area contributed by atoms with E-state index in [-0.39, 0.29) is 0 Å². The first-order valence-corrected chi connectivity index (χ1v) is 9.12. The predicted octanol–water partition coefficient (Wildman–Crippen LogP) is 5.76. The second-order valence-corrected chi connectivity index (χ2v) is 7.54. The number of halogens is 2. The molecule has 25 heavy (non-hydrogen) atoms. The van der Waals surface area contributed by atoms with Crippen LogP contribution in [0.25, 0.3) is 0 Å². The number of hydrogen-bond acceptors (Lipinski definition) is 3. The average Bonchev–Trinajstić information content (AvgIpc) is 2.88. The van der Waals surface area contributed by atoms with Crippen molar-refractivity contribution in [3.05, 3.63) is 75.4 Å². The number of benzene rings is 2. The summed E-state index contributed by atoms with van der Waals surface area (Å²) < 4.78 is 1.88. The molecule has 1 heterocycles. The fraction of sp³-hybridized carbons (Fsp3) is 0.105. The average molecular weight is 388 g/mol. The minimum atomic E-state index is 0.449. The maximum Gasteiger partial charge on any atom is 0.123 e. The summed E-state index contributed by atoms with van der Waals surface area (Å²) in [6, 6.07) is 17.4. The molecule has 0 spiro atoms. The SMILES string of the molecule is Cc1ccc(Sc2c(N)cc(C#N)n2Cc2ccc(Cl)cc2Cl)cc1. The first-order chi connectivity index (χ1) is 12.0. The highest BCUT2D eigenvalue weighted by Gasteiger charge is 2.16. The minimum absolute atomic E-state index is 0.449. The van der Waals surface area contributed by atoms with Crippen molar-refractivity contribution in [3.8, 4) is 6.07 Å². The monoisotopic (exact) mass is 387 g/mol. The van der Waals surface area contributed by atoms with E-state index >= 15 is 0 Å². The number of nitrogens with zero attached hydrogens (tertiary/aromatic N) is 2. The van der Waals surface area contributed by atoms with Gasteiger partial charge in [0, 0.05) is 14.9 Å². The summed E-state index contributed by atoms with van der Waals surface area (Å²) in [7, 11) is 0. The van der Waals surface area contributed by atoms with Crippen molar-refractivity contribution < 1.29 is 0 Å². The van der Waals surface area contributed by atoms with Gasteiger partial charge in [0.05, 0.1) is 12.2 Å². The van der Waals surface area contributed by atoms with Gasteiger partial charge in [-0.3, -0.25) is 0 Å². The molecule has 0 atom stereocenters. The molecular weight excluding hydrogens is 373 g/mol. The van der Waals surface area contributed by atoms with Crippen LogP contribution in [0.4, 0.5) is 5.69 Å². The highest BCUT2D eigenvalue weighted by Crippen LogP contribution is 2.36. The van der Waals surface area contributed by atoms with Crippen LogP contribution in [0, 0.1) is 18.3 Å². The second kappa shape index (κ2) is 7.45. The molecular formula is C19H15Cl2N3S. The summed E-state index contributed by atoms with van der Waals surface area (Å²) in [4.78, 5) is 1.06. The van der Waals surface area contributed by atoms with E-state index < -0.39 is 0 Å². The Hall–Kier alpha value is -2.06. The minimum Gasteiger partial charge on any atom is -0.397 e. The van der Waals surface area contributed by atoms with Crippen LogP contribution in [0.15, 0.2) is 58.5 Å². The van der Waals surface area contributed by atoms with Crippen LogP contribution in [-0.4, -0.2) is 4.57 Å². The normalized spacial score (nSPS) is 10.6. The molecule has 6 heteroatoms. The van der Waals surface area contributed by atoms with Gasteiger partial charge < -0.3 is 10.3 Å². The molecule has 0 bridgehead atoms. The molecule has 2 N–H and O–H groups in total. The molecule has 0 aliphatic heterocycles. The zero-order chi connectivity index (χ0) is 18.0. The van der Waals surface area contributed by atoms with Gasteiger partial charge in [-0.25, -0.2) is 0 Å². The standard InChI is InChI=1S/C19H15Cl2N3S/c1-12-2-6-16(7-3-12)25-19-18(23)9-15(10-22)24(19)11-13-4-5-14(20)8-17(13)21/h2-9H,11,23H2,1H3. The second-order valence-electron chi connectivity index (χ2n) is 5.64. The van der Waals surface area contributed by atoms with Crippen molar-refractivity contribution in [3.63, 3.8) is 0 Å². The highest BCUT2D eigenvalue weighted by atomic mass is 35.5. The van der Waals surface area contributed by atoms with Gasteiger partial charge in [-0.1, -0.05) is 58.7 Å². The highest BCUT2D eigenvalue weighted by molar-refractivity contribution is 7.99. The third-order valence-electron chi connectivity index (χ3n) is 3.77. The van der Waals surface area contributed by atoms with E-state index in [9.17, 15) is 5.26 Å². The van der Waals surface area contributed by atoms with Crippen LogP contribution < -0.4 is 5.73 Å². The summed E-state index contributed by atoms with van der Waals surface area (Å²) >= 11 is 13.8.